The van der Waals surface area contributed by atoms with Gasteiger partial charge in [0, 0.05) is 21.5 Å². The lowest BCUT2D eigenvalue weighted by Gasteiger charge is -2.23. The summed E-state index contributed by atoms with van der Waals surface area (Å²) < 4.78 is 26.6. The molecule has 0 amide bonds. The molecule has 0 radical (unpaired) electrons. The highest BCUT2D eigenvalue weighted by molar-refractivity contribution is 7.88. The molecule has 0 spiro atoms. The minimum Gasteiger partial charge on any atom is -0.321 e. The molecule has 1 aliphatic heterocycles. The van der Waals surface area contributed by atoms with Crippen LogP contribution in [0.5, 0.6) is 0 Å². The van der Waals surface area contributed by atoms with E-state index in [0.717, 1.165) is 28.3 Å². The topological polar surface area (TPSA) is 82.3 Å². The van der Waals surface area contributed by atoms with E-state index in [1.54, 1.807) is 24.3 Å². The third kappa shape index (κ3) is 4.03. The summed E-state index contributed by atoms with van der Waals surface area (Å²) in [6, 6.07) is 21.9. The summed E-state index contributed by atoms with van der Waals surface area (Å²) in [7, 11) is -3.65. The Morgan fingerprint density at radius 3 is 2.32 bits per heavy atom. The van der Waals surface area contributed by atoms with E-state index in [0.29, 0.717) is 27.4 Å². The van der Waals surface area contributed by atoms with Crippen LogP contribution in [0.15, 0.2) is 83.7 Å². The molecule has 0 saturated carbocycles. The van der Waals surface area contributed by atoms with Crippen molar-refractivity contribution in [2.45, 2.75) is 13.0 Å². The van der Waals surface area contributed by atoms with E-state index in [1.807, 2.05) is 61.5 Å². The molecular formula is C26H22ClN3O3S. The number of hydrogen-bond donors (Lipinski definition) is 2. The Bertz CT molecular complexity index is 1590. The van der Waals surface area contributed by atoms with E-state index < -0.39 is 16.1 Å². The average Bonchev–Trinajstić information content (AvgIpc) is 3.25. The van der Waals surface area contributed by atoms with Gasteiger partial charge >= 0.3 is 0 Å². The number of rotatable bonds is 4. The fourth-order valence-electron chi connectivity index (χ4n) is 4.30. The Morgan fingerprint density at radius 2 is 1.65 bits per heavy atom. The van der Waals surface area contributed by atoms with Gasteiger partial charge in [-0.15, -0.1) is 4.41 Å². The van der Waals surface area contributed by atoms with Crippen molar-refractivity contribution in [1.29, 1.82) is 0 Å². The van der Waals surface area contributed by atoms with E-state index in [9.17, 15) is 13.2 Å². The monoisotopic (exact) mass is 491 g/mol. The summed E-state index contributed by atoms with van der Waals surface area (Å²) >= 11 is 6.32. The smallest absolute Gasteiger partial charge is 0.258 e. The number of aromatic nitrogens is 1. The Kier molecular flexibility index (Phi) is 5.56. The molecule has 34 heavy (non-hydrogen) atoms. The molecule has 1 aromatic heterocycles. The summed E-state index contributed by atoms with van der Waals surface area (Å²) in [6.45, 7) is 1.97. The molecule has 2 heterocycles. The van der Waals surface area contributed by atoms with E-state index in [2.05, 4.69) is 10.4 Å². The zero-order valence-corrected chi connectivity index (χ0v) is 20.1. The zero-order valence-electron chi connectivity index (χ0n) is 18.5. The molecule has 0 fully saturated rings. The van der Waals surface area contributed by atoms with Gasteiger partial charge in [0.05, 0.1) is 23.6 Å². The number of nitrogens with one attached hydrogen (secondary N) is 2. The lowest BCUT2D eigenvalue weighted by Crippen LogP contribution is -2.39. The zero-order chi connectivity index (χ0) is 24.0. The van der Waals surface area contributed by atoms with Crippen LogP contribution in [0.4, 0.5) is 0 Å². The summed E-state index contributed by atoms with van der Waals surface area (Å²) in [5, 5.41) is 1.30. The Hall–Kier alpha value is -3.39. The SMILES string of the molecule is Cc1ccc([C@@H]2C=C(c3c(-c4ccccc4)c4cc(Cl)ccc4[nH]c3=O)NN2S(C)(=O)=O)cc1. The fraction of sp³-hybridized carbons (Fsp3) is 0.115. The van der Waals surface area contributed by atoms with E-state index >= 15 is 0 Å². The van der Waals surface area contributed by atoms with Gasteiger partial charge in [-0.1, -0.05) is 71.8 Å². The quantitative estimate of drug-likeness (QED) is 0.420. The van der Waals surface area contributed by atoms with Crippen LogP contribution >= 0.6 is 11.6 Å². The van der Waals surface area contributed by atoms with Crippen molar-refractivity contribution in [1.82, 2.24) is 14.8 Å². The van der Waals surface area contributed by atoms with Crippen molar-refractivity contribution in [2.75, 3.05) is 6.26 Å². The number of fused-ring (bicyclic) bond motifs is 1. The fourth-order valence-corrected chi connectivity index (χ4v) is 5.33. The Balaban J connectivity index is 1.79. The second kappa shape index (κ2) is 8.43. The van der Waals surface area contributed by atoms with Crippen LogP contribution in [-0.2, 0) is 10.0 Å². The highest BCUT2D eigenvalue weighted by Gasteiger charge is 2.35. The first-order valence-corrected chi connectivity index (χ1v) is 12.9. The number of nitrogens with zero attached hydrogens (tertiary/aromatic N) is 1. The van der Waals surface area contributed by atoms with Crippen LogP contribution in [0.25, 0.3) is 27.7 Å². The van der Waals surface area contributed by atoms with Gasteiger partial charge in [-0.3, -0.25) is 4.79 Å². The first-order chi connectivity index (χ1) is 16.2. The molecule has 172 valence electrons. The van der Waals surface area contributed by atoms with Crippen LogP contribution in [0.1, 0.15) is 22.7 Å². The molecule has 0 bridgehead atoms. The first-order valence-electron chi connectivity index (χ1n) is 10.7. The predicted octanol–water partition coefficient (Wildman–Crippen LogP) is 5.02. The third-order valence-corrected chi connectivity index (χ3v) is 7.16. The van der Waals surface area contributed by atoms with Gasteiger partial charge in [0.2, 0.25) is 10.0 Å². The van der Waals surface area contributed by atoms with Crippen molar-refractivity contribution in [3.8, 4) is 11.1 Å². The molecule has 6 nitrogen and oxygen atoms in total. The van der Waals surface area contributed by atoms with Gasteiger partial charge in [0.25, 0.3) is 5.56 Å². The van der Waals surface area contributed by atoms with Crippen molar-refractivity contribution >= 4 is 38.2 Å². The minimum atomic E-state index is -3.65. The third-order valence-electron chi connectivity index (χ3n) is 5.89. The summed E-state index contributed by atoms with van der Waals surface area (Å²) in [5.74, 6) is 0. The minimum absolute atomic E-state index is 0.328. The van der Waals surface area contributed by atoms with Crippen molar-refractivity contribution in [3.05, 3.63) is 111 Å². The maximum absolute atomic E-state index is 13.4. The molecular weight excluding hydrogens is 470 g/mol. The van der Waals surface area contributed by atoms with Crippen molar-refractivity contribution in [3.63, 3.8) is 0 Å². The predicted molar refractivity (Wildman–Crippen MR) is 137 cm³/mol. The molecule has 1 atom stereocenters. The van der Waals surface area contributed by atoms with Gasteiger partial charge in [-0.2, -0.15) is 0 Å². The number of pyridine rings is 1. The Labute approximate surface area is 202 Å². The standard InChI is InChI=1S/C26H22ClN3O3S/c1-16-8-10-17(11-9-16)23-15-22(29-30(23)34(2,32)33)25-24(18-6-4-3-5-7-18)20-14-19(27)12-13-21(20)28-26(25)31/h3-15,23,29H,1-2H3,(H,28,31)/t23-/m0/s1. The normalized spacial score (nSPS) is 16.4. The molecule has 0 saturated heterocycles. The molecule has 0 aliphatic carbocycles. The van der Waals surface area contributed by atoms with Crippen molar-refractivity contribution < 1.29 is 8.42 Å². The highest BCUT2D eigenvalue weighted by Crippen LogP contribution is 2.38. The van der Waals surface area contributed by atoms with Crippen LogP contribution in [0, 0.1) is 6.92 Å². The van der Waals surface area contributed by atoms with Gasteiger partial charge in [0.15, 0.2) is 0 Å². The van der Waals surface area contributed by atoms with Crippen molar-refractivity contribution in [2.24, 2.45) is 0 Å². The maximum atomic E-state index is 13.4. The highest BCUT2D eigenvalue weighted by atomic mass is 35.5. The summed E-state index contributed by atoms with van der Waals surface area (Å²) in [6.07, 6.45) is 2.92. The second-order valence-corrected chi connectivity index (χ2v) is 10.7. The molecule has 0 unspecified atom stereocenters. The maximum Gasteiger partial charge on any atom is 0.258 e. The molecule has 5 rings (SSSR count). The number of benzene rings is 3. The number of H-pyrrole nitrogens is 1. The molecule has 3 aromatic carbocycles. The van der Waals surface area contributed by atoms with Gasteiger partial charge in [-0.05, 0) is 42.3 Å². The number of aryl methyl sites for hydroxylation is 1. The average molecular weight is 492 g/mol. The number of sulfonamides is 1. The number of aromatic amines is 1. The van der Waals surface area contributed by atoms with E-state index in [1.165, 1.54) is 4.41 Å². The number of hydrazine groups is 1. The largest absolute Gasteiger partial charge is 0.321 e. The summed E-state index contributed by atoms with van der Waals surface area (Å²) in [5.41, 5.74) is 7.44. The van der Waals surface area contributed by atoms with Crippen LogP contribution in [-0.4, -0.2) is 24.1 Å². The molecule has 2 N–H and O–H groups in total. The molecule has 4 aromatic rings. The summed E-state index contributed by atoms with van der Waals surface area (Å²) in [4.78, 5) is 16.3. The van der Waals surface area contributed by atoms with Crippen LogP contribution in [0.3, 0.4) is 0 Å². The molecule has 8 heteroatoms. The van der Waals surface area contributed by atoms with E-state index in [4.69, 9.17) is 11.6 Å². The second-order valence-electron chi connectivity index (χ2n) is 8.37. The number of halogens is 1. The lowest BCUT2D eigenvalue weighted by molar-refractivity contribution is 0.351. The lowest BCUT2D eigenvalue weighted by atomic mass is 9.94. The first kappa shape index (κ1) is 22.4. The molecule has 1 aliphatic rings. The number of hydrogen-bond acceptors (Lipinski definition) is 4. The Morgan fingerprint density at radius 1 is 0.941 bits per heavy atom. The van der Waals surface area contributed by atoms with Gasteiger partial charge in [0.1, 0.15) is 0 Å². The van der Waals surface area contributed by atoms with E-state index in [-0.39, 0.29) is 5.56 Å². The van der Waals surface area contributed by atoms with Crippen LogP contribution < -0.4 is 11.0 Å². The van der Waals surface area contributed by atoms with Crippen LogP contribution in [0.2, 0.25) is 5.02 Å². The van der Waals surface area contributed by atoms with Gasteiger partial charge < -0.3 is 10.4 Å². The van der Waals surface area contributed by atoms with Gasteiger partial charge in [-0.25, -0.2) is 8.42 Å².